The van der Waals surface area contributed by atoms with E-state index >= 15 is 0 Å². The number of nitrogens with zero attached hydrogens (tertiary/aromatic N) is 1. The number of amides is 1. The first kappa shape index (κ1) is 16.0. The van der Waals surface area contributed by atoms with Crippen LogP contribution in [0.3, 0.4) is 0 Å². The van der Waals surface area contributed by atoms with E-state index in [0.29, 0.717) is 29.9 Å². The second-order valence-electron chi connectivity index (χ2n) is 4.63. The number of carbonyl (C=O) groups excluding carboxylic acids is 2. The van der Waals surface area contributed by atoms with Gasteiger partial charge in [0.05, 0.1) is 12.7 Å². The number of hydrogen-bond acceptors (Lipinski definition) is 4. The molecule has 5 heteroatoms. The van der Waals surface area contributed by atoms with Gasteiger partial charge in [-0.25, -0.2) is 4.79 Å². The number of benzene rings is 1. The van der Waals surface area contributed by atoms with Crippen molar-refractivity contribution in [1.29, 1.82) is 0 Å². The summed E-state index contributed by atoms with van der Waals surface area (Å²) in [5.74, 6) is -0.602. The van der Waals surface area contributed by atoms with E-state index in [2.05, 4.69) is 4.74 Å². The summed E-state index contributed by atoms with van der Waals surface area (Å²) in [5.41, 5.74) is 6.86. The second kappa shape index (κ2) is 7.53. The largest absolute Gasteiger partial charge is 0.465 e. The zero-order valence-electron chi connectivity index (χ0n) is 12.3. The normalized spacial score (nSPS) is 10.2. The van der Waals surface area contributed by atoms with Gasteiger partial charge in [-0.05, 0) is 31.0 Å². The van der Waals surface area contributed by atoms with Gasteiger partial charge in [0.2, 0.25) is 0 Å². The number of carbonyl (C=O) groups is 2. The first-order valence-corrected chi connectivity index (χ1v) is 6.81. The monoisotopic (exact) mass is 278 g/mol. The van der Waals surface area contributed by atoms with Crippen molar-refractivity contribution >= 4 is 17.6 Å². The molecule has 0 saturated heterocycles. The van der Waals surface area contributed by atoms with E-state index in [9.17, 15) is 9.59 Å². The first-order valence-electron chi connectivity index (χ1n) is 6.81. The summed E-state index contributed by atoms with van der Waals surface area (Å²) in [6, 6.07) is 4.63. The highest BCUT2D eigenvalue weighted by atomic mass is 16.5. The molecule has 110 valence electrons. The van der Waals surface area contributed by atoms with E-state index in [1.807, 2.05) is 13.8 Å². The lowest BCUT2D eigenvalue weighted by molar-refractivity contribution is 0.0600. The maximum absolute atomic E-state index is 12.5. The lowest BCUT2D eigenvalue weighted by Gasteiger charge is -2.21. The van der Waals surface area contributed by atoms with Crippen molar-refractivity contribution < 1.29 is 14.3 Å². The van der Waals surface area contributed by atoms with E-state index in [4.69, 9.17) is 5.73 Å². The highest BCUT2D eigenvalue weighted by Crippen LogP contribution is 2.15. The maximum Gasteiger partial charge on any atom is 0.337 e. The first-order chi connectivity index (χ1) is 9.53. The third-order valence-corrected chi connectivity index (χ3v) is 2.90. The lowest BCUT2D eigenvalue weighted by Crippen LogP contribution is -2.32. The summed E-state index contributed by atoms with van der Waals surface area (Å²) in [4.78, 5) is 25.8. The minimum absolute atomic E-state index is 0.105. The summed E-state index contributed by atoms with van der Waals surface area (Å²) in [5, 5.41) is 0. The molecule has 0 heterocycles. The number of rotatable bonds is 6. The van der Waals surface area contributed by atoms with Gasteiger partial charge in [-0.15, -0.1) is 0 Å². The van der Waals surface area contributed by atoms with Crippen LogP contribution in [-0.4, -0.2) is 37.0 Å². The Balaban J connectivity index is 3.07. The molecule has 0 saturated carbocycles. The minimum Gasteiger partial charge on any atom is -0.465 e. The summed E-state index contributed by atoms with van der Waals surface area (Å²) >= 11 is 0. The maximum atomic E-state index is 12.5. The van der Waals surface area contributed by atoms with Crippen LogP contribution in [0.25, 0.3) is 0 Å². The van der Waals surface area contributed by atoms with Crippen LogP contribution in [0, 0.1) is 0 Å². The quantitative estimate of drug-likeness (QED) is 0.640. The Morgan fingerprint density at radius 3 is 2.15 bits per heavy atom. The Morgan fingerprint density at radius 2 is 1.65 bits per heavy atom. The van der Waals surface area contributed by atoms with E-state index in [1.165, 1.54) is 19.2 Å². The van der Waals surface area contributed by atoms with Crippen molar-refractivity contribution in [2.45, 2.75) is 26.7 Å². The van der Waals surface area contributed by atoms with Gasteiger partial charge in [-0.2, -0.15) is 0 Å². The highest BCUT2D eigenvalue weighted by molar-refractivity contribution is 5.99. The smallest absolute Gasteiger partial charge is 0.337 e. The molecule has 20 heavy (non-hydrogen) atoms. The Labute approximate surface area is 119 Å². The summed E-state index contributed by atoms with van der Waals surface area (Å²) in [6.45, 7) is 5.43. The van der Waals surface area contributed by atoms with E-state index in [1.54, 1.807) is 11.0 Å². The fraction of sp³-hybridized carbons (Fsp3) is 0.467. The highest BCUT2D eigenvalue weighted by Gasteiger charge is 2.17. The van der Waals surface area contributed by atoms with Crippen LogP contribution in [0.1, 0.15) is 47.4 Å². The predicted octanol–water partition coefficient (Wildman–Crippen LogP) is 2.32. The Kier molecular flexibility index (Phi) is 6.03. The van der Waals surface area contributed by atoms with Crippen LogP contribution in [0.15, 0.2) is 18.2 Å². The van der Waals surface area contributed by atoms with Crippen molar-refractivity contribution in [3.8, 4) is 0 Å². The van der Waals surface area contributed by atoms with Crippen LogP contribution in [0.5, 0.6) is 0 Å². The van der Waals surface area contributed by atoms with Crippen LogP contribution < -0.4 is 5.73 Å². The van der Waals surface area contributed by atoms with Gasteiger partial charge < -0.3 is 15.4 Å². The number of esters is 1. The Morgan fingerprint density at radius 1 is 1.10 bits per heavy atom. The predicted molar refractivity (Wildman–Crippen MR) is 78.7 cm³/mol. The van der Waals surface area contributed by atoms with E-state index < -0.39 is 5.97 Å². The summed E-state index contributed by atoms with van der Waals surface area (Å²) < 4.78 is 4.66. The molecule has 0 aliphatic rings. The Hall–Kier alpha value is -2.04. The second-order valence-corrected chi connectivity index (χ2v) is 4.63. The lowest BCUT2D eigenvalue weighted by atomic mass is 10.1. The fourth-order valence-electron chi connectivity index (χ4n) is 2.05. The fourth-order valence-corrected chi connectivity index (χ4v) is 2.05. The molecule has 0 aromatic heterocycles. The number of ether oxygens (including phenoxy) is 1. The number of anilines is 1. The molecule has 0 fully saturated rings. The summed E-state index contributed by atoms with van der Waals surface area (Å²) in [6.07, 6.45) is 1.77. The zero-order chi connectivity index (χ0) is 15.1. The molecule has 1 rings (SSSR count). The molecule has 1 aromatic rings. The van der Waals surface area contributed by atoms with Crippen molar-refractivity contribution in [3.63, 3.8) is 0 Å². The van der Waals surface area contributed by atoms with Crippen LogP contribution >= 0.6 is 0 Å². The minimum atomic E-state index is -0.496. The van der Waals surface area contributed by atoms with Crippen LogP contribution in [0.2, 0.25) is 0 Å². The number of hydrogen-bond donors (Lipinski definition) is 1. The number of nitrogen functional groups attached to an aromatic ring is 1. The molecule has 0 atom stereocenters. The van der Waals surface area contributed by atoms with Crippen molar-refractivity contribution in [1.82, 2.24) is 4.90 Å². The van der Waals surface area contributed by atoms with E-state index in [0.717, 1.165) is 12.8 Å². The molecule has 2 N–H and O–H groups in total. The summed E-state index contributed by atoms with van der Waals surface area (Å²) in [7, 11) is 1.30. The van der Waals surface area contributed by atoms with Gasteiger partial charge in [0.25, 0.3) is 5.91 Å². The molecule has 0 unspecified atom stereocenters. The third kappa shape index (κ3) is 3.98. The SMILES string of the molecule is CCCN(CCC)C(=O)c1cc(N)cc(C(=O)OC)c1. The van der Waals surface area contributed by atoms with Gasteiger partial charge in [-0.1, -0.05) is 13.8 Å². The molecule has 1 amide bonds. The molecular formula is C15H22N2O3. The average Bonchev–Trinajstić information content (AvgIpc) is 2.44. The van der Waals surface area contributed by atoms with Crippen LogP contribution in [0.4, 0.5) is 5.69 Å². The van der Waals surface area contributed by atoms with E-state index in [-0.39, 0.29) is 5.91 Å². The third-order valence-electron chi connectivity index (χ3n) is 2.90. The number of nitrogens with two attached hydrogens (primary N) is 1. The molecule has 0 spiro atoms. The molecule has 0 radical (unpaired) electrons. The Bertz CT molecular complexity index is 480. The van der Waals surface area contributed by atoms with Gasteiger partial charge in [-0.3, -0.25) is 4.79 Å². The molecule has 0 aliphatic carbocycles. The molecule has 0 aliphatic heterocycles. The van der Waals surface area contributed by atoms with Gasteiger partial charge in [0, 0.05) is 24.3 Å². The zero-order valence-corrected chi connectivity index (χ0v) is 12.3. The van der Waals surface area contributed by atoms with Crippen molar-refractivity contribution in [2.75, 3.05) is 25.9 Å². The molecule has 5 nitrogen and oxygen atoms in total. The van der Waals surface area contributed by atoms with Gasteiger partial charge in [0.15, 0.2) is 0 Å². The average molecular weight is 278 g/mol. The van der Waals surface area contributed by atoms with Crippen molar-refractivity contribution in [3.05, 3.63) is 29.3 Å². The van der Waals surface area contributed by atoms with Crippen LogP contribution in [-0.2, 0) is 4.74 Å². The molecular weight excluding hydrogens is 256 g/mol. The topological polar surface area (TPSA) is 72.6 Å². The molecule has 0 bridgehead atoms. The standard InChI is InChI=1S/C15H22N2O3/c1-4-6-17(7-5-2)14(18)11-8-12(15(19)20-3)10-13(16)9-11/h8-10H,4-7,16H2,1-3H3. The molecule has 1 aromatic carbocycles. The van der Waals surface area contributed by atoms with Gasteiger partial charge in [0.1, 0.15) is 0 Å². The van der Waals surface area contributed by atoms with Crippen molar-refractivity contribution in [2.24, 2.45) is 0 Å². The number of methoxy groups -OCH3 is 1. The van der Waals surface area contributed by atoms with Gasteiger partial charge >= 0.3 is 5.97 Å².